The van der Waals surface area contributed by atoms with Crippen molar-refractivity contribution in [2.75, 3.05) is 6.61 Å². The average Bonchev–Trinajstić information content (AvgIpc) is 2.38. The molecule has 18 heavy (non-hydrogen) atoms. The van der Waals surface area contributed by atoms with Gasteiger partial charge in [0.05, 0.1) is 6.61 Å². The largest absolute Gasteiger partial charge is 0.504 e. The number of phenolic OH excluding ortho intramolecular Hbond substituents is 3. The van der Waals surface area contributed by atoms with Gasteiger partial charge in [-0.3, -0.25) is 10.2 Å². The third-order valence-electron chi connectivity index (χ3n) is 2.58. The van der Waals surface area contributed by atoms with E-state index in [9.17, 15) is 15.0 Å². The van der Waals surface area contributed by atoms with Crippen molar-refractivity contribution in [1.82, 2.24) is 5.43 Å². The molecule has 100 valence electrons. The summed E-state index contributed by atoms with van der Waals surface area (Å²) in [6.07, 6.45) is -0.272. The Morgan fingerprint density at radius 1 is 1.28 bits per heavy atom. The zero-order valence-electron chi connectivity index (χ0n) is 9.42. The summed E-state index contributed by atoms with van der Waals surface area (Å²) in [6.45, 7) is -0.711. The zero-order valence-corrected chi connectivity index (χ0v) is 9.42. The van der Waals surface area contributed by atoms with Crippen molar-refractivity contribution in [1.29, 1.82) is 0 Å². The van der Waals surface area contributed by atoms with Crippen molar-refractivity contribution in [2.24, 2.45) is 11.6 Å². The Bertz CT molecular complexity index is 465. The molecule has 9 N–H and O–H groups in total. The highest BCUT2D eigenvalue weighted by Gasteiger charge is 2.34. The summed E-state index contributed by atoms with van der Waals surface area (Å²) in [4.78, 5) is 11.4. The Kier molecular flexibility index (Phi) is 3.96. The SMILES string of the molecule is NNC(=O)C(N)(CO)Cc1ccc(O)c(O)c1O. The molecular weight excluding hydrogens is 242 g/mol. The molecule has 1 amide bonds. The Morgan fingerprint density at radius 2 is 1.89 bits per heavy atom. The van der Waals surface area contributed by atoms with Crippen LogP contribution in [-0.4, -0.2) is 38.5 Å². The molecule has 1 rings (SSSR count). The van der Waals surface area contributed by atoms with Gasteiger partial charge in [0.2, 0.25) is 5.75 Å². The van der Waals surface area contributed by atoms with Gasteiger partial charge in [-0.05, 0) is 6.07 Å². The number of benzene rings is 1. The van der Waals surface area contributed by atoms with E-state index in [0.717, 1.165) is 6.07 Å². The molecule has 1 aromatic carbocycles. The van der Waals surface area contributed by atoms with Crippen molar-refractivity contribution >= 4 is 5.91 Å². The second kappa shape index (κ2) is 5.08. The van der Waals surface area contributed by atoms with Crippen LogP contribution in [0.3, 0.4) is 0 Å². The molecule has 0 radical (unpaired) electrons. The van der Waals surface area contributed by atoms with E-state index in [1.54, 1.807) is 5.43 Å². The molecule has 0 heterocycles. The minimum atomic E-state index is -1.74. The van der Waals surface area contributed by atoms with Crippen molar-refractivity contribution in [3.05, 3.63) is 17.7 Å². The molecule has 1 atom stereocenters. The maximum atomic E-state index is 11.4. The van der Waals surface area contributed by atoms with Crippen LogP contribution in [0.25, 0.3) is 0 Å². The Labute approximate surface area is 102 Å². The molecule has 0 spiro atoms. The van der Waals surface area contributed by atoms with Crippen LogP contribution in [0.15, 0.2) is 12.1 Å². The Morgan fingerprint density at radius 3 is 2.39 bits per heavy atom. The second-order valence-corrected chi connectivity index (χ2v) is 3.91. The first-order valence-electron chi connectivity index (χ1n) is 4.99. The summed E-state index contributed by atoms with van der Waals surface area (Å²) in [6, 6.07) is 2.40. The van der Waals surface area contributed by atoms with Gasteiger partial charge in [-0.25, -0.2) is 5.84 Å². The van der Waals surface area contributed by atoms with E-state index in [1.165, 1.54) is 6.07 Å². The van der Waals surface area contributed by atoms with Gasteiger partial charge >= 0.3 is 0 Å². The molecule has 8 heteroatoms. The van der Waals surface area contributed by atoms with Crippen LogP contribution in [-0.2, 0) is 11.2 Å². The number of amides is 1. The van der Waals surface area contributed by atoms with Crippen molar-refractivity contribution < 1.29 is 25.2 Å². The number of rotatable bonds is 4. The van der Waals surface area contributed by atoms with Crippen molar-refractivity contribution in [2.45, 2.75) is 12.0 Å². The summed E-state index contributed by atoms with van der Waals surface area (Å²) in [5.74, 6) is 2.28. The lowest BCUT2D eigenvalue weighted by molar-refractivity contribution is -0.127. The highest BCUT2D eigenvalue weighted by molar-refractivity contribution is 5.86. The van der Waals surface area contributed by atoms with Gasteiger partial charge in [-0.1, -0.05) is 6.07 Å². The number of nitrogens with one attached hydrogen (secondary N) is 1. The third-order valence-corrected chi connectivity index (χ3v) is 2.58. The molecule has 0 aliphatic carbocycles. The molecule has 0 saturated carbocycles. The standard InChI is InChI=1S/C10H15N3O5/c11-10(4-14,9(18)13-12)3-5-1-2-6(15)8(17)7(5)16/h1-2,14-17H,3-4,11-12H2,(H,13,18). The fourth-order valence-corrected chi connectivity index (χ4v) is 1.44. The highest BCUT2D eigenvalue weighted by atomic mass is 16.3. The summed E-state index contributed by atoms with van der Waals surface area (Å²) in [7, 11) is 0. The van der Waals surface area contributed by atoms with Crippen LogP contribution in [0, 0.1) is 0 Å². The summed E-state index contributed by atoms with van der Waals surface area (Å²) < 4.78 is 0. The monoisotopic (exact) mass is 257 g/mol. The summed E-state index contributed by atoms with van der Waals surface area (Å²) in [5.41, 5.74) is 5.80. The number of aliphatic hydroxyl groups is 1. The van der Waals surface area contributed by atoms with Crippen molar-refractivity contribution in [3.63, 3.8) is 0 Å². The Balaban J connectivity index is 3.10. The highest BCUT2D eigenvalue weighted by Crippen LogP contribution is 2.38. The summed E-state index contributed by atoms with van der Waals surface area (Å²) >= 11 is 0. The zero-order chi connectivity index (χ0) is 13.9. The van der Waals surface area contributed by atoms with Crippen LogP contribution < -0.4 is 17.0 Å². The number of carbonyl (C=O) groups excluding carboxylic acids is 1. The van der Waals surface area contributed by atoms with Gasteiger partial charge in [0.15, 0.2) is 11.5 Å². The first kappa shape index (κ1) is 14.0. The second-order valence-electron chi connectivity index (χ2n) is 3.91. The topological polar surface area (TPSA) is 162 Å². The lowest BCUT2D eigenvalue weighted by atomic mass is 9.91. The number of carbonyl (C=O) groups is 1. The Hall–Kier alpha value is -2.03. The van der Waals surface area contributed by atoms with Crippen LogP contribution in [0.1, 0.15) is 5.56 Å². The quantitative estimate of drug-likeness (QED) is 0.142. The predicted octanol–water partition coefficient (Wildman–Crippen LogP) is -1.97. The molecule has 0 aliphatic rings. The fraction of sp³-hybridized carbons (Fsp3) is 0.300. The fourth-order valence-electron chi connectivity index (χ4n) is 1.44. The van der Waals surface area contributed by atoms with Gasteiger partial charge in [-0.2, -0.15) is 0 Å². The number of aromatic hydroxyl groups is 3. The van der Waals surface area contributed by atoms with E-state index in [0.29, 0.717) is 0 Å². The molecular formula is C10H15N3O5. The number of phenols is 3. The third kappa shape index (κ3) is 2.45. The number of aliphatic hydroxyl groups excluding tert-OH is 1. The minimum Gasteiger partial charge on any atom is -0.504 e. The number of nitrogens with two attached hydrogens (primary N) is 2. The van der Waals surface area contributed by atoms with Gasteiger partial charge in [0.25, 0.3) is 5.91 Å². The molecule has 1 aromatic rings. The lowest BCUT2D eigenvalue weighted by Crippen LogP contribution is -2.59. The predicted molar refractivity (Wildman–Crippen MR) is 61.5 cm³/mol. The van der Waals surface area contributed by atoms with E-state index in [-0.39, 0.29) is 12.0 Å². The number of hydrogen-bond acceptors (Lipinski definition) is 7. The first-order valence-corrected chi connectivity index (χ1v) is 4.99. The van der Waals surface area contributed by atoms with Gasteiger partial charge in [0, 0.05) is 12.0 Å². The lowest BCUT2D eigenvalue weighted by Gasteiger charge is -2.25. The molecule has 8 nitrogen and oxygen atoms in total. The van der Waals surface area contributed by atoms with Crippen LogP contribution >= 0.6 is 0 Å². The van der Waals surface area contributed by atoms with Crippen LogP contribution in [0.2, 0.25) is 0 Å². The van der Waals surface area contributed by atoms with Gasteiger partial charge in [0.1, 0.15) is 5.54 Å². The van der Waals surface area contributed by atoms with E-state index in [2.05, 4.69) is 0 Å². The summed E-state index contributed by atoms with van der Waals surface area (Å²) in [5, 5.41) is 37.2. The van der Waals surface area contributed by atoms with E-state index in [1.807, 2.05) is 0 Å². The maximum Gasteiger partial charge on any atom is 0.256 e. The van der Waals surface area contributed by atoms with E-state index >= 15 is 0 Å². The molecule has 0 bridgehead atoms. The van der Waals surface area contributed by atoms with Crippen LogP contribution in [0.4, 0.5) is 0 Å². The van der Waals surface area contributed by atoms with Gasteiger partial charge in [-0.15, -0.1) is 0 Å². The van der Waals surface area contributed by atoms with Gasteiger partial charge < -0.3 is 26.2 Å². The molecule has 0 aromatic heterocycles. The molecule has 0 saturated heterocycles. The minimum absolute atomic E-state index is 0.0884. The smallest absolute Gasteiger partial charge is 0.256 e. The average molecular weight is 257 g/mol. The van der Waals surface area contributed by atoms with Crippen molar-refractivity contribution in [3.8, 4) is 17.2 Å². The van der Waals surface area contributed by atoms with E-state index < -0.39 is 35.3 Å². The molecule has 0 fully saturated rings. The van der Waals surface area contributed by atoms with E-state index in [4.69, 9.17) is 21.8 Å². The molecule has 1 unspecified atom stereocenters. The maximum absolute atomic E-state index is 11.4. The molecule has 0 aliphatic heterocycles. The normalized spacial score (nSPS) is 13.9. The number of hydrogen-bond donors (Lipinski definition) is 7. The first-order chi connectivity index (χ1) is 8.35. The number of hydrazine groups is 1. The van der Waals surface area contributed by atoms with Crippen LogP contribution in [0.5, 0.6) is 17.2 Å².